The van der Waals surface area contributed by atoms with Crippen LogP contribution in [-0.2, 0) is 14.8 Å². The van der Waals surface area contributed by atoms with Gasteiger partial charge in [-0.3, -0.25) is 9.10 Å². The van der Waals surface area contributed by atoms with Gasteiger partial charge in [0.2, 0.25) is 15.9 Å². The first-order chi connectivity index (χ1) is 13.3. The number of rotatable bonds is 10. The fourth-order valence-electron chi connectivity index (χ4n) is 2.74. The zero-order valence-electron chi connectivity index (χ0n) is 16.6. The highest BCUT2D eigenvalue weighted by Crippen LogP contribution is 2.19. The molecule has 0 fully saturated rings. The van der Waals surface area contributed by atoms with Crippen molar-refractivity contribution in [2.75, 3.05) is 30.3 Å². The Hall–Kier alpha value is -2.54. The number of hydrogen-bond acceptors (Lipinski definition) is 4. The van der Waals surface area contributed by atoms with Crippen LogP contribution in [0.25, 0.3) is 0 Å². The van der Waals surface area contributed by atoms with Gasteiger partial charge in [-0.15, -0.1) is 0 Å². The largest absolute Gasteiger partial charge is 0.491 e. The van der Waals surface area contributed by atoms with Gasteiger partial charge >= 0.3 is 0 Å². The maximum absolute atomic E-state index is 12.1. The van der Waals surface area contributed by atoms with Crippen LogP contribution in [0.4, 0.5) is 5.69 Å². The third kappa shape index (κ3) is 6.88. The van der Waals surface area contributed by atoms with Crippen molar-refractivity contribution in [1.82, 2.24) is 5.32 Å². The van der Waals surface area contributed by atoms with Gasteiger partial charge in [-0.2, -0.15) is 0 Å². The van der Waals surface area contributed by atoms with Crippen LogP contribution in [-0.4, -0.2) is 40.3 Å². The summed E-state index contributed by atoms with van der Waals surface area (Å²) in [5.41, 5.74) is 2.72. The zero-order chi connectivity index (χ0) is 20.6. The first-order valence-corrected chi connectivity index (χ1v) is 11.1. The Kier molecular flexibility index (Phi) is 7.87. The minimum atomic E-state index is -3.40. The zero-order valence-corrected chi connectivity index (χ0v) is 17.5. The summed E-state index contributed by atoms with van der Waals surface area (Å²) in [6, 6.07) is 15.0. The molecule has 0 atom stereocenters. The molecule has 7 heteroatoms. The Labute approximate surface area is 167 Å². The van der Waals surface area contributed by atoms with Gasteiger partial charge < -0.3 is 10.1 Å². The van der Waals surface area contributed by atoms with Gasteiger partial charge in [0.15, 0.2) is 0 Å². The number of nitrogens with one attached hydrogen (secondary N) is 1. The summed E-state index contributed by atoms with van der Waals surface area (Å²) >= 11 is 0. The molecule has 2 rings (SSSR count). The van der Waals surface area contributed by atoms with Crippen molar-refractivity contribution >= 4 is 21.6 Å². The minimum Gasteiger partial charge on any atom is -0.491 e. The number of nitrogens with zero attached hydrogens (tertiary/aromatic N) is 1. The van der Waals surface area contributed by atoms with Gasteiger partial charge in [-0.1, -0.05) is 35.9 Å². The van der Waals surface area contributed by atoms with Gasteiger partial charge in [0, 0.05) is 13.0 Å². The Morgan fingerprint density at radius 1 is 1.07 bits per heavy atom. The second kappa shape index (κ2) is 10.1. The third-order valence-electron chi connectivity index (χ3n) is 4.26. The quantitative estimate of drug-likeness (QED) is 0.618. The van der Waals surface area contributed by atoms with Crippen molar-refractivity contribution < 1.29 is 17.9 Å². The van der Waals surface area contributed by atoms with Gasteiger partial charge in [-0.05, 0) is 44.0 Å². The van der Waals surface area contributed by atoms with Crippen LogP contribution < -0.4 is 14.4 Å². The molecule has 0 spiro atoms. The molecule has 0 aromatic heterocycles. The van der Waals surface area contributed by atoms with Crippen molar-refractivity contribution in [2.45, 2.75) is 26.7 Å². The summed E-state index contributed by atoms with van der Waals surface area (Å²) in [5.74, 6) is 0.685. The Bertz CT molecular complexity index is 880. The molecule has 1 N–H and O–H groups in total. The molecule has 28 heavy (non-hydrogen) atoms. The van der Waals surface area contributed by atoms with Gasteiger partial charge in [-0.25, -0.2) is 8.42 Å². The standard InChI is InChI=1S/C21H28N2O4S/c1-17-10-12-19(13-11-17)23(28(3,25)26)15-6-9-21(24)22-14-16-27-20-8-5-4-7-18(20)2/h4-5,7-8,10-13H,6,9,14-16H2,1-3H3,(H,22,24). The number of anilines is 1. The summed E-state index contributed by atoms with van der Waals surface area (Å²) in [4.78, 5) is 12.0. The molecule has 2 aromatic rings. The van der Waals surface area contributed by atoms with E-state index in [-0.39, 0.29) is 18.9 Å². The number of sulfonamides is 1. The van der Waals surface area contributed by atoms with Crippen molar-refractivity contribution in [3.05, 3.63) is 59.7 Å². The van der Waals surface area contributed by atoms with E-state index < -0.39 is 10.0 Å². The van der Waals surface area contributed by atoms with Crippen LogP contribution in [0, 0.1) is 13.8 Å². The fraction of sp³-hybridized carbons (Fsp3) is 0.381. The lowest BCUT2D eigenvalue weighted by molar-refractivity contribution is -0.121. The van der Waals surface area contributed by atoms with E-state index in [1.807, 2.05) is 50.2 Å². The van der Waals surface area contributed by atoms with E-state index in [1.54, 1.807) is 12.1 Å². The Morgan fingerprint density at radius 3 is 2.39 bits per heavy atom. The van der Waals surface area contributed by atoms with Gasteiger partial charge in [0.25, 0.3) is 0 Å². The van der Waals surface area contributed by atoms with Crippen LogP contribution in [0.1, 0.15) is 24.0 Å². The number of hydrogen-bond donors (Lipinski definition) is 1. The third-order valence-corrected chi connectivity index (χ3v) is 5.46. The van der Waals surface area contributed by atoms with E-state index in [0.717, 1.165) is 16.9 Å². The van der Waals surface area contributed by atoms with Gasteiger partial charge in [0.05, 0.1) is 18.5 Å². The maximum Gasteiger partial charge on any atom is 0.232 e. The molecular formula is C21H28N2O4S. The van der Waals surface area contributed by atoms with Crippen molar-refractivity contribution in [1.29, 1.82) is 0 Å². The fourth-order valence-corrected chi connectivity index (χ4v) is 3.70. The highest BCUT2D eigenvalue weighted by Gasteiger charge is 2.17. The molecule has 0 saturated carbocycles. The first-order valence-electron chi connectivity index (χ1n) is 9.27. The topological polar surface area (TPSA) is 75.7 Å². The molecule has 0 aliphatic rings. The molecule has 152 valence electrons. The first kappa shape index (κ1) is 21.8. The van der Waals surface area contributed by atoms with Crippen LogP contribution in [0.15, 0.2) is 48.5 Å². The summed E-state index contributed by atoms with van der Waals surface area (Å²) in [6.45, 7) is 4.96. The lowest BCUT2D eigenvalue weighted by Crippen LogP contribution is -2.32. The molecule has 0 heterocycles. The number of benzene rings is 2. The average Bonchev–Trinajstić information content (AvgIpc) is 2.64. The number of carbonyl (C=O) groups is 1. The number of carbonyl (C=O) groups excluding carboxylic acids is 1. The monoisotopic (exact) mass is 404 g/mol. The number of amides is 1. The van der Waals surface area contributed by atoms with Crippen molar-refractivity contribution in [3.63, 3.8) is 0 Å². The average molecular weight is 405 g/mol. The smallest absolute Gasteiger partial charge is 0.232 e. The SMILES string of the molecule is Cc1ccc(N(CCCC(=O)NCCOc2ccccc2C)S(C)(=O)=O)cc1. The molecule has 0 unspecified atom stereocenters. The molecule has 0 saturated heterocycles. The van der Waals surface area contributed by atoms with Crippen LogP contribution in [0.3, 0.4) is 0 Å². The van der Waals surface area contributed by atoms with Gasteiger partial charge in [0.1, 0.15) is 12.4 Å². The van der Waals surface area contributed by atoms with E-state index in [2.05, 4.69) is 5.32 Å². The van der Waals surface area contributed by atoms with E-state index in [4.69, 9.17) is 4.74 Å². The van der Waals surface area contributed by atoms with Crippen molar-refractivity contribution in [3.8, 4) is 5.75 Å². The normalized spacial score (nSPS) is 11.1. The lowest BCUT2D eigenvalue weighted by Gasteiger charge is -2.22. The van der Waals surface area contributed by atoms with Crippen molar-refractivity contribution in [2.24, 2.45) is 0 Å². The predicted octanol–water partition coefficient (Wildman–Crippen LogP) is 3.04. The molecule has 2 aromatic carbocycles. The molecule has 0 aliphatic carbocycles. The van der Waals surface area contributed by atoms with E-state index in [1.165, 1.54) is 10.6 Å². The summed E-state index contributed by atoms with van der Waals surface area (Å²) in [7, 11) is -3.40. The van der Waals surface area contributed by atoms with Crippen LogP contribution in [0.5, 0.6) is 5.75 Å². The molecule has 0 bridgehead atoms. The van der Waals surface area contributed by atoms with Crippen LogP contribution in [0.2, 0.25) is 0 Å². The highest BCUT2D eigenvalue weighted by atomic mass is 32.2. The Balaban J connectivity index is 1.75. The maximum atomic E-state index is 12.1. The summed E-state index contributed by atoms with van der Waals surface area (Å²) in [5, 5.41) is 2.80. The molecule has 1 amide bonds. The summed E-state index contributed by atoms with van der Waals surface area (Å²) < 4.78 is 31.1. The molecule has 0 radical (unpaired) electrons. The Morgan fingerprint density at radius 2 is 1.75 bits per heavy atom. The number of aryl methyl sites for hydroxylation is 2. The second-order valence-electron chi connectivity index (χ2n) is 6.74. The molecule has 0 aliphatic heterocycles. The number of ether oxygens (including phenoxy) is 1. The highest BCUT2D eigenvalue weighted by molar-refractivity contribution is 7.92. The van der Waals surface area contributed by atoms with E-state index in [0.29, 0.717) is 25.3 Å². The lowest BCUT2D eigenvalue weighted by atomic mass is 10.2. The minimum absolute atomic E-state index is 0.120. The molecular weight excluding hydrogens is 376 g/mol. The second-order valence-corrected chi connectivity index (χ2v) is 8.64. The van der Waals surface area contributed by atoms with Crippen LogP contribution >= 0.6 is 0 Å². The predicted molar refractivity (Wildman–Crippen MR) is 112 cm³/mol. The van der Waals surface area contributed by atoms with E-state index >= 15 is 0 Å². The number of para-hydroxylation sites is 1. The summed E-state index contributed by atoms with van der Waals surface area (Å²) in [6.07, 6.45) is 1.86. The van der Waals surface area contributed by atoms with E-state index in [9.17, 15) is 13.2 Å². The molecule has 6 nitrogen and oxygen atoms in total.